The molecule has 1 aromatic carbocycles. The lowest BCUT2D eigenvalue weighted by Gasteiger charge is -2.55. The number of aliphatic imine (C=N–C) groups is 1. The van der Waals surface area contributed by atoms with E-state index in [2.05, 4.69) is 36.4 Å². The van der Waals surface area contributed by atoms with E-state index in [1.807, 2.05) is 24.3 Å². The monoisotopic (exact) mass is 546 g/mol. The van der Waals surface area contributed by atoms with Gasteiger partial charge >= 0.3 is 0 Å². The summed E-state index contributed by atoms with van der Waals surface area (Å²) in [6, 6.07) is 8.11. The predicted molar refractivity (Wildman–Crippen MR) is 136 cm³/mol. The second-order valence-corrected chi connectivity index (χ2v) is 7.97. The summed E-state index contributed by atoms with van der Waals surface area (Å²) in [6.45, 7) is 7.95. The number of nitrogens with one attached hydrogen (secondary N) is 2. The average molecular weight is 546 g/mol. The average Bonchev–Trinajstić information content (AvgIpc) is 2.74. The molecule has 1 aliphatic rings. The Kier molecular flexibility index (Phi) is 11.6. The topological polar surface area (TPSA) is 75.2 Å². The highest BCUT2D eigenvalue weighted by molar-refractivity contribution is 14.0. The third-order valence-electron chi connectivity index (χ3n) is 6.22. The van der Waals surface area contributed by atoms with E-state index in [0.717, 1.165) is 37.4 Å². The van der Waals surface area contributed by atoms with E-state index in [1.54, 1.807) is 21.1 Å². The molecule has 0 spiro atoms. The zero-order chi connectivity index (χ0) is 22.1. The molecule has 176 valence electrons. The molecule has 0 heterocycles. The van der Waals surface area contributed by atoms with Crippen molar-refractivity contribution in [1.82, 2.24) is 15.5 Å². The van der Waals surface area contributed by atoms with Gasteiger partial charge in [0.1, 0.15) is 5.75 Å². The first-order chi connectivity index (χ1) is 14.4. The molecule has 2 unspecified atom stereocenters. The van der Waals surface area contributed by atoms with Gasteiger partial charge in [0, 0.05) is 45.8 Å². The maximum atomic E-state index is 11.7. The molecular weight excluding hydrogens is 507 g/mol. The molecule has 2 N–H and O–H groups in total. The lowest BCUT2D eigenvalue weighted by atomic mass is 9.58. The van der Waals surface area contributed by atoms with Crippen LogP contribution in [0.4, 0.5) is 0 Å². The zero-order valence-corrected chi connectivity index (χ0v) is 22.1. The highest BCUT2D eigenvalue weighted by atomic mass is 127. The van der Waals surface area contributed by atoms with E-state index < -0.39 is 0 Å². The first-order valence-electron chi connectivity index (χ1n) is 10.9. The number of nitrogens with zero attached hydrogens (tertiary/aromatic N) is 2. The lowest BCUT2D eigenvalue weighted by molar-refractivity contribution is -0.133. The van der Waals surface area contributed by atoms with E-state index in [9.17, 15) is 4.79 Å². The van der Waals surface area contributed by atoms with Crippen molar-refractivity contribution in [3.63, 3.8) is 0 Å². The van der Waals surface area contributed by atoms with Crippen molar-refractivity contribution in [2.75, 3.05) is 34.4 Å². The Balaban J connectivity index is 0.00000480. The van der Waals surface area contributed by atoms with E-state index in [-0.39, 0.29) is 41.9 Å². The summed E-state index contributed by atoms with van der Waals surface area (Å²) in [7, 11) is 5.23. The molecule has 0 saturated heterocycles. The number of carbonyl (C=O) groups excluding carboxylic acids is 1. The Morgan fingerprint density at radius 2 is 1.97 bits per heavy atom. The van der Waals surface area contributed by atoms with Gasteiger partial charge in [-0.3, -0.25) is 9.79 Å². The van der Waals surface area contributed by atoms with Crippen LogP contribution in [0.15, 0.2) is 29.3 Å². The standard InChI is InChI=1S/C23H38N4O3.HI/c1-7-23(8-2)19(14-20(23)29-9-3)26-22(24-4)25-15-17-11-10-12-18(13-17)30-16-21(28)27(5)6;/h10-13,19-20H,7-9,14-16H2,1-6H3,(H2,24,25,26);1H. The number of rotatable bonds is 10. The molecule has 7 nitrogen and oxygen atoms in total. The third kappa shape index (κ3) is 6.97. The molecule has 0 bridgehead atoms. The fraction of sp³-hybridized carbons (Fsp3) is 0.652. The molecule has 0 radical (unpaired) electrons. The molecule has 1 aliphatic carbocycles. The van der Waals surface area contributed by atoms with Crippen LogP contribution < -0.4 is 15.4 Å². The molecular formula is C23H39IN4O3. The van der Waals surface area contributed by atoms with Crippen LogP contribution >= 0.6 is 24.0 Å². The summed E-state index contributed by atoms with van der Waals surface area (Å²) in [5.41, 5.74) is 1.21. The van der Waals surface area contributed by atoms with Gasteiger partial charge in [0.25, 0.3) is 5.91 Å². The Bertz CT molecular complexity index is 723. The molecule has 31 heavy (non-hydrogen) atoms. The number of hydrogen-bond acceptors (Lipinski definition) is 4. The predicted octanol–water partition coefficient (Wildman–Crippen LogP) is 3.42. The maximum Gasteiger partial charge on any atom is 0.259 e. The Morgan fingerprint density at radius 3 is 2.55 bits per heavy atom. The van der Waals surface area contributed by atoms with Gasteiger partial charge in [-0.1, -0.05) is 26.0 Å². The third-order valence-corrected chi connectivity index (χ3v) is 6.22. The highest BCUT2D eigenvalue weighted by Crippen LogP contribution is 2.48. The van der Waals surface area contributed by atoms with Crippen molar-refractivity contribution in [2.45, 2.75) is 58.7 Å². The first-order valence-corrected chi connectivity index (χ1v) is 10.9. The quantitative estimate of drug-likeness (QED) is 0.267. The molecule has 8 heteroatoms. The van der Waals surface area contributed by atoms with Crippen LogP contribution in [-0.4, -0.2) is 63.3 Å². The maximum absolute atomic E-state index is 11.7. The van der Waals surface area contributed by atoms with Crippen molar-refractivity contribution >= 4 is 35.8 Å². The molecule has 1 saturated carbocycles. The van der Waals surface area contributed by atoms with Crippen molar-refractivity contribution < 1.29 is 14.3 Å². The molecule has 0 aliphatic heterocycles. The SMILES string of the molecule is CCOC1CC(NC(=NC)NCc2cccc(OCC(=O)N(C)C)c2)C1(CC)CC.I. The number of guanidine groups is 1. The number of ether oxygens (including phenoxy) is 2. The second kappa shape index (κ2) is 13.1. The molecule has 0 aromatic heterocycles. The Hall–Kier alpha value is -1.55. The minimum absolute atomic E-state index is 0. The van der Waals surface area contributed by atoms with E-state index in [4.69, 9.17) is 9.47 Å². The van der Waals surface area contributed by atoms with E-state index >= 15 is 0 Å². The van der Waals surface area contributed by atoms with Gasteiger partial charge in [0.2, 0.25) is 0 Å². The van der Waals surface area contributed by atoms with E-state index in [0.29, 0.717) is 24.4 Å². The smallest absolute Gasteiger partial charge is 0.259 e. The van der Waals surface area contributed by atoms with Crippen molar-refractivity contribution in [2.24, 2.45) is 10.4 Å². The van der Waals surface area contributed by atoms with Crippen LogP contribution in [0.3, 0.4) is 0 Å². The minimum atomic E-state index is -0.0654. The van der Waals surface area contributed by atoms with Gasteiger partial charge in [-0.25, -0.2) is 0 Å². The van der Waals surface area contributed by atoms with Gasteiger partial charge in [0.05, 0.1) is 6.10 Å². The molecule has 1 amide bonds. The fourth-order valence-corrected chi connectivity index (χ4v) is 4.15. The number of halogens is 1. The van der Waals surface area contributed by atoms with Crippen LogP contribution in [0.25, 0.3) is 0 Å². The van der Waals surface area contributed by atoms with E-state index in [1.165, 1.54) is 4.90 Å². The van der Waals surface area contributed by atoms with Gasteiger partial charge < -0.3 is 25.0 Å². The van der Waals surface area contributed by atoms with Gasteiger partial charge in [0.15, 0.2) is 12.6 Å². The summed E-state index contributed by atoms with van der Waals surface area (Å²) < 4.78 is 11.6. The minimum Gasteiger partial charge on any atom is -0.484 e. The van der Waals surface area contributed by atoms with Crippen molar-refractivity contribution in [3.05, 3.63) is 29.8 Å². The van der Waals surface area contributed by atoms with Crippen LogP contribution in [0, 0.1) is 5.41 Å². The van der Waals surface area contributed by atoms with Gasteiger partial charge in [-0.2, -0.15) is 0 Å². The number of likely N-dealkylation sites (N-methyl/N-ethyl adjacent to an activating group) is 1. The molecule has 1 fully saturated rings. The van der Waals surface area contributed by atoms with Crippen LogP contribution in [0.1, 0.15) is 45.6 Å². The fourth-order valence-electron chi connectivity index (χ4n) is 4.15. The summed E-state index contributed by atoms with van der Waals surface area (Å²) in [6.07, 6.45) is 3.47. The van der Waals surface area contributed by atoms with Crippen LogP contribution in [-0.2, 0) is 16.1 Å². The first kappa shape index (κ1) is 27.5. The van der Waals surface area contributed by atoms with Crippen molar-refractivity contribution in [3.8, 4) is 5.75 Å². The van der Waals surface area contributed by atoms with Crippen molar-refractivity contribution in [1.29, 1.82) is 0 Å². The number of hydrogen-bond donors (Lipinski definition) is 2. The summed E-state index contributed by atoms with van der Waals surface area (Å²) >= 11 is 0. The lowest BCUT2D eigenvalue weighted by Crippen LogP contribution is -2.65. The van der Waals surface area contributed by atoms with Crippen LogP contribution in [0.2, 0.25) is 0 Å². The molecule has 2 rings (SSSR count). The Labute approximate surface area is 204 Å². The zero-order valence-electron chi connectivity index (χ0n) is 19.7. The van der Waals surface area contributed by atoms with Gasteiger partial charge in [-0.05, 0) is 43.9 Å². The summed E-state index contributed by atoms with van der Waals surface area (Å²) in [5, 5.41) is 6.99. The summed E-state index contributed by atoms with van der Waals surface area (Å²) in [5.74, 6) is 1.40. The number of benzene rings is 1. The largest absolute Gasteiger partial charge is 0.484 e. The normalized spacial score (nSPS) is 19.6. The Morgan fingerprint density at radius 1 is 1.26 bits per heavy atom. The second-order valence-electron chi connectivity index (χ2n) is 7.97. The number of carbonyl (C=O) groups is 1. The number of amides is 1. The molecule has 2 atom stereocenters. The van der Waals surface area contributed by atoms with Gasteiger partial charge in [-0.15, -0.1) is 24.0 Å². The summed E-state index contributed by atoms with van der Waals surface area (Å²) in [4.78, 5) is 17.6. The van der Waals surface area contributed by atoms with Crippen LogP contribution in [0.5, 0.6) is 5.75 Å². The highest BCUT2D eigenvalue weighted by Gasteiger charge is 2.53. The molecule has 1 aromatic rings.